The lowest BCUT2D eigenvalue weighted by Gasteiger charge is -2.08. The zero-order valence-electron chi connectivity index (χ0n) is 14.8. The maximum absolute atomic E-state index is 13.6. The molecule has 0 fully saturated rings. The van der Waals surface area contributed by atoms with E-state index < -0.39 is 0 Å². The van der Waals surface area contributed by atoms with Crippen molar-refractivity contribution in [3.8, 4) is 5.75 Å². The van der Waals surface area contributed by atoms with Gasteiger partial charge in [0.2, 0.25) is 5.95 Å². The second-order valence-electron chi connectivity index (χ2n) is 5.72. The summed E-state index contributed by atoms with van der Waals surface area (Å²) < 4.78 is 18.8. The highest BCUT2D eigenvalue weighted by Gasteiger charge is 2.09. The number of ether oxygens (including phenoxy) is 1. The first-order valence-electron chi connectivity index (χ1n) is 8.41. The van der Waals surface area contributed by atoms with E-state index in [9.17, 15) is 9.18 Å². The van der Waals surface area contributed by atoms with E-state index in [1.807, 2.05) is 18.2 Å². The Bertz CT molecular complexity index is 933. The minimum Gasteiger partial charge on any atom is -0.497 e. The van der Waals surface area contributed by atoms with Crippen LogP contribution >= 0.6 is 0 Å². The number of halogens is 1. The molecule has 0 atom stereocenters. The van der Waals surface area contributed by atoms with E-state index in [0.29, 0.717) is 30.2 Å². The molecule has 1 amide bonds. The molecule has 7 heteroatoms. The molecular weight excluding hydrogens is 347 g/mol. The van der Waals surface area contributed by atoms with Crippen molar-refractivity contribution in [2.24, 2.45) is 0 Å². The number of rotatable bonds is 7. The molecule has 27 heavy (non-hydrogen) atoms. The van der Waals surface area contributed by atoms with Crippen molar-refractivity contribution in [3.63, 3.8) is 0 Å². The Balaban J connectivity index is 1.60. The molecule has 6 nitrogen and oxygen atoms in total. The predicted octanol–water partition coefficient (Wildman–Crippen LogP) is 3.34. The third-order valence-corrected chi connectivity index (χ3v) is 3.85. The van der Waals surface area contributed by atoms with E-state index in [4.69, 9.17) is 4.74 Å². The van der Waals surface area contributed by atoms with E-state index in [1.54, 1.807) is 31.4 Å². The molecular formula is C20H19FN4O2. The Kier molecular flexibility index (Phi) is 5.94. The van der Waals surface area contributed by atoms with Crippen molar-refractivity contribution in [1.29, 1.82) is 0 Å². The summed E-state index contributed by atoms with van der Waals surface area (Å²) in [6.07, 6.45) is 1.90. The number of aromatic nitrogens is 2. The highest BCUT2D eigenvalue weighted by molar-refractivity contribution is 5.92. The van der Waals surface area contributed by atoms with Gasteiger partial charge in [0.15, 0.2) is 0 Å². The van der Waals surface area contributed by atoms with Crippen molar-refractivity contribution < 1.29 is 13.9 Å². The summed E-state index contributed by atoms with van der Waals surface area (Å²) in [7, 11) is 1.59. The average molecular weight is 366 g/mol. The van der Waals surface area contributed by atoms with Gasteiger partial charge in [0.25, 0.3) is 5.91 Å². The van der Waals surface area contributed by atoms with Crippen molar-refractivity contribution in [2.75, 3.05) is 19.0 Å². The standard InChI is InChI=1S/C20H19FN4O2/c1-27-16-7-4-6-15(13-16)24-20-23-12-10-18(25-20)19(26)22-11-9-14-5-2-3-8-17(14)21/h2-8,10,12-13H,9,11H2,1H3,(H,22,26)(H,23,24,25). The highest BCUT2D eigenvalue weighted by atomic mass is 19.1. The summed E-state index contributed by atoms with van der Waals surface area (Å²) in [5.41, 5.74) is 1.52. The molecule has 138 valence electrons. The number of hydrogen-bond acceptors (Lipinski definition) is 5. The Labute approximate surface area is 156 Å². The number of anilines is 2. The van der Waals surface area contributed by atoms with Crippen LogP contribution in [0.1, 0.15) is 16.1 Å². The van der Waals surface area contributed by atoms with Crippen molar-refractivity contribution in [3.05, 3.63) is 77.9 Å². The summed E-state index contributed by atoms with van der Waals surface area (Å²) in [4.78, 5) is 20.6. The summed E-state index contributed by atoms with van der Waals surface area (Å²) in [5.74, 6) is 0.369. The molecule has 0 aliphatic heterocycles. The summed E-state index contributed by atoms with van der Waals surface area (Å²) in [5, 5.41) is 5.77. The smallest absolute Gasteiger partial charge is 0.270 e. The zero-order valence-corrected chi connectivity index (χ0v) is 14.8. The maximum atomic E-state index is 13.6. The van der Waals surface area contributed by atoms with Gasteiger partial charge in [0, 0.05) is 24.5 Å². The number of nitrogens with one attached hydrogen (secondary N) is 2. The fourth-order valence-corrected chi connectivity index (χ4v) is 2.48. The van der Waals surface area contributed by atoms with Crippen LogP contribution in [0.2, 0.25) is 0 Å². The third-order valence-electron chi connectivity index (χ3n) is 3.85. The van der Waals surface area contributed by atoms with Gasteiger partial charge in [-0.2, -0.15) is 0 Å². The first kappa shape index (κ1) is 18.3. The molecule has 0 aliphatic carbocycles. The first-order valence-corrected chi connectivity index (χ1v) is 8.41. The third kappa shape index (κ3) is 5.01. The van der Waals surface area contributed by atoms with E-state index in [2.05, 4.69) is 20.6 Å². The summed E-state index contributed by atoms with van der Waals surface area (Å²) in [6.45, 7) is 0.308. The highest BCUT2D eigenvalue weighted by Crippen LogP contribution is 2.19. The molecule has 1 heterocycles. The quantitative estimate of drug-likeness (QED) is 0.671. The van der Waals surface area contributed by atoms with E-state index in [-0.39, 0.29) is 17.4 Å². The summed E-state index contributed by atoms with van der Waals surface area (Å²) >= 11 is 0. The number of hydrogen-bond donors (Lipinski definition) is 2. The number of carbonyl (C=O) groups is 1. The lowest BCUT2D eigenvalue weighted by molar-refractivity contribution is 0.0949. The van der Waals surface area contributed by atoms with Crippen LogP contribution in [-0.2, 0) is 6.42 Å². The van der Waals surface area contributed by atoms with Crippen LogP contribution in [0.5, 0.6) is 5.75 Å². The lowest BCUT2D eigenvalue weighted by Crippen LogP contribution is -2.27. The SMILES string of the molecule is COc1cccc(Nc2nccc(C(=O)NCCc3ccccc3F)n2)c1. The average Bonchev–Trinajstić information content (AvgIpc) is 2.69. The van der Waals surface area contributed by atoms with Crippen LogP contribution in [0.25, 0.3) is 0 Å². The number of amides is 1. The molecule has 2 aromatic carbocycles. The lowest BCUT2D eigenvalue weighted by atomic mass is 10.1. The fourth-order valence-electron chi connectivity index (χ4n) is 2.48. The van der Waals surface area contributed by atoms with Crippen LogP contribution in [0, 0.1) is 5.82 Å². The Morgan fingerprint density at radius 3 is 2.81 bits per heavy atom. The molecule has 0 radical (unpaired) electrons. The summed E-state index contributed by atoms with van der Waals surface area (Å²) in [6, 6.07) is 15.3. The Morgan fingerprint density at radius 2 is 2.00 bits per heavy atom. The van der Waals surface area contributed by atoms with Crippen LogP contribution in [0.15, 0.2) is 60.8 Å². The monoisotopic (exact) mass is 366 g/mol. The van der Waals surface area contributed by atoms with Crippen LogP contribution in [0.4, 0.5) is 16.0 Å². The van der Waals surface area contributed by atoms with Crippen LogP contribution in [-0.4, -0.2) is 29.5 Å². The second kappa shape index (κ2) is 8.75. The molecule has 0 saturated carbocycles. The van der Waals surface area contributed by atoms with Gasteiger partial charge >= 0.3 is 0 Å². The van der Waals surface area contributed by atoms with Gasteiger partial charge in [-0.3, -0.25) is 4.79 Å². The minimum atomic E-state index is -0.345. The van der Waals surface area contributed by atoms with Gasteiger partial charge in [0.05, 0.1) is 7.11 Å². The van der Waals surface area contributed by atoms with Crippen molar-refractivity contribution in [1.82, 2.24) is 15.3 Å². The van der Waals surface area contributed by atoms with Crippen LogP contribution < -0.4 is 15.4 Å². The van der Waals surface area contributed by atoms with E-state index >= 15 is 0 Å². The molecule has 0 bridgehead atoms. The zero-order chi connectivity index (χ0) is 19.1. The molecule has 0 aliphatic rings. The number of benzene rings is 2. The molecule has 3 rings (SSSR count). The Hall–Kier alpha value is -3.48. The fraction of sp³-hybridized carbons (Fsp3) is 0.150. The molecule has 3 aromatic rings. The normalized spacial score (nSPS) is 10.3. The molecule has 0 spiro atoms. The Morgan fingerprint density at radius 1 is 1.15 bits per heavy atom. The van der Waals surface area contributed by atoms with Gasteiger partial charge < -0.3 is 15.4 Å². The predicted molar refractivity (Wildman–Crippen MR) is 101 cm³/mol. The van der Waals surface area contributed by atoms with E-state index in [0.717, 1.165) is 5.69 Å². The largest absolute Gasteiger partial charge is 0.497 e. The van der Waals surface area contributed by atoms with Crippen molar-refractivity contribution >= 4 is 17.5 Å². The van der Waals surface area contributed by atoms with Gasteiger partial charge in [-0.1, -0.05) is 24.3 Å². The maximum Gasteiger partial charge on any atom is 0.270 e. The van der Waals surface area contributed by atoms with Crippen LogP contribution in [0.3, 0.4) is 0 Å². The van der Waals surface area contributed by atoms with Gasteiger partial charge in [-0.25, -0.2) is 14.4 Å². The number of methoxy groups -OCH3 is 1. The minimum absolute atomic E-state index is 0.226. The number of nitrogens with zero attached hydrogens (tertiary/aromatic N) is 2. The molecule has 1 aromatic heterocycles. The molecule has 0 saturated heterocycles. The van der Waals surface area contributed by atoms with E-state index in [1.165, 1.54) is 18.3 Å². The first-order chi connectivity index (χ1) is 13.2. The topological polar surface area (TPSA) is 76.1 Å². The van der Waals surface area contributed by atoms with Gasteiger partial charge in [0.1, 0.15) is 17.3 Å². The van der Waals surface area contributed by atoms with Gasteiger partial charge in [-0.15, -0.1) is 0 Å². The number of carbonyl (C=O) groups excluding carboxylic acids is 1. The molecule has 2 N–H and O–H groups in total. The second-order valence-corrected chi connectivity index (χ2v) is 5.72. The van der Waals surface area contributed by atoms with Crippen molar-refractivity contribution in [2.45, 2.75) is 6.42 Å². The molecule has 0 unspecified atom stereocenters. The van der Waals surface area contributed by atoms with Gasteiger partial charge in [-0.05, 0) is 36.2 Å².